The van der Waals surface area contributed by atoms with E-state index in [0.717, 1.165) is 31.7 Å². The van der Waals surface area contributed by atoms with Crippen LogP contribution in [0.1, 0.15) is 37.0 Å². The first kappa shape index (κ1) is 14.9. The molecule has 1 heterocycles. The van der Waals surface area contributed by atoms with E-state index in [1.54, 1.807) is 0 Å². The molecule has 20 heavy (non-hydrogen) atoms. The van der Waals surface area contributed by atoms with E-state index >= 15 is 0 Å². The Morgan fingerprint density at radius 1 is 1.30 bits per heavy atom. The Kier molecular flexibility index (Phi) is 5.01. The standard InChI is InChI=1S/C16H23NO3/c1-12(2)20-15-5-3-14(4-6-15)16(19)17-9-7-13(11-18)8-10-17/h3-6,12-13,18H,7-11H2,1-2H3. The molecule has 1 fully saturated rings. The molecule has 4 nitrogen and oxygen atoms in total. The fraction of sp³-hybridized carbons (Fsp3) is 0.562. The van der Waals surface area contributed by atoms with Crippen molar-refractivity contribution in [1.82, 2.24) is 4.90 Å². The van der Waals surface area contributed by atoms with E-state index < -0.39 is 0 Å². The maximum atomic E-state index is 12.4. The monoisotopic (exact) mass is 277 g/mol. The van der Waals surface area contributed by atoms with Gasteiger partial charge in [0.25, 0.3) is 5.91 Å². The van der Waals surface area contributed by atoms with Gasteiger partial charge in [-0.15, -0.1) is 0 Å². The Morgan fingerprint density at radius 2 is 1.90 bits per heavy atom. The molecule has 0 bridgehead atoms. The van der Waals surface area contributed by atoms with E-state index in [9.17, 15) is 4.79 Å². The summed E-state index contributed by atoms with van der Waals surface area (Å²) in [6.45, 7) is 5.64. The highest BCUT2D eigenvalue weighted by molar-refractivity contribution is 5.94. The highest BCUT2D eigenvalue weighted by Crippen LogP contribution is 2.20. The molecular weight excluding hydrogens is 254 g/mol. The van der Waals surface area contributed by atoms with Crippen LogP contribution < -0.4 is 4.74 Å². The number of rotatable bonds is 4. The molecule has 0 saturated carbocycles. The van der Waals surface area contributed by atoms with Gasteiger partial charge in [-0.1, -0.05) is 0 Å². The highest BCUT2D eigenvalue weighted by atomic mass is 16.5. The third-order valence-electron chi connectivity index (χ3n) is 3.63. The van der Waals surface area contributed by atoms with Crippen molar-refractivity contribution in [2.75, 3.05) is 19.7 Å². The van der Waals surface area contributed by atoms with Crippen molar-refractivity contribution in [2.24, 2.45) is 5.92 Å². The molecule has 1 N–H and O–H groups in total. The number of hydrogen-bond donors (Lipinski definition) is 1. The average molecular weight is 277 g/mol. The van der Waals surface area contributed by atoms with Crippen molar-refractivity contribution in [3.05, 3.63) is 29.8 Å². The number of carbonyl (C=O) groups excluding carboxylic acids is 1. The smallest absolute Gasteiger partial charge is 0.253 e. The number of ether oxygens (including phenoxy) is 1. The summed E-state index contributed by atoms with van der Waals surface area (Å²) in [4.78, 5) is 14.2. The lowest BCUT2D eigenvalue weighted by atomic mass is 9.97. The summed E-state index contributed by atoms with van der Waals surface area (Å²) in [5.41, 5.74) is 0.698. The van der Waals surface area contributed by atoms with Gasteiger partial charge in [0.15, 0.2) is 0 Å². The molecule has 1 amide bonds. The molecule has 1 saturated heterocycles. The molecule has 0 aromatic heterocycles. The van der Waals surface area contributed by atoms with Gasteiger partial charge in [-0.3, -0.25) is 4.79 Å². The first-order valence-electron chi connectivity index (χ1n) is 7.27. The van der Waals surface area contributed by atoms with E-state index in [1.165, 1.54) is 0 Å². The molecule has 0 atom stereocenters. The zero-order chi connectivity index (χ0) is 14.5. The van der Waals surface area contributed by atoms with Gasteiger partial charge in [-0.2, -0.15) is 0 Å². The van der Waals surface area contributed by atoms with Gasteiger partial charge in [0.05, 0.1) is 6.10 Å². The average Bonchev–Trinajstić information content (AvgIpc) is 2.47. The van der Waals surface area contributed by atoms with Crippen LogP contribution in [0, 0.1) is 5.92 Å². The third-order valence-corrected chi connectivity index (χ3v) is 3.63. The van der Waals surface area contributed by atoms with Crippen LogP contribution in [0.2, 0.25) is 0 Å². The fourth-order valence-electron chi connectivity index (χ4n) is 2.45. The Bertz CT molecular complexity index is 434. The zero-order valence-electron chi connectivity index (χ0n) is 12.2. The Balaban J connectivity index is 1.95. The van der Waals surface area contributed by atoms with E-state index in [1.807, 2.05) is 43.0 Å². The number of nitrogens with zero attached hydrogens (tertiary/aromatic N) is 1. The Labute approximate surface area is 120 Å². The van der Waals surface area contributed by atoms with Gasteiger partial charge in [-0.25, -0.2) is 0 Å². The van der Waals surface area contributed by atoms with Crippen LogP contribution in [0.25, 0.3) is 0 Å². The van der Waals surface area contributed by atoms with Gasteiger partial charge in [0.2, 0.25) is 0 Å². The van der Waals surface area contributed by atoms with Crippen LogP contribution in [-0.4, -0.2) is 41.7 Å². The number of aliphatic hydroxyl groups is 1. The maximum Gasteiger partial charge on any atom is 0.253 e. The molecule has 1 aliphatic rings. The predicted octanol–water partition coefficient (Wildman–Crippen LogP) is 2.32. The first-order valence-corrected chi connectivity index (χ1v) is 7.27. The second kappa shape index (κ2) is 6.75. The summed E-state index contributed by atoms with van der Waals surface area (Å²) in [7, 11) is 0. The quantitative estimate of drug-likeness (QED) is 0.919. The van der Waals surface area contributed by atoms with Crippen molar-refractivity contribution in [3.8, 4) is 5.75 Å². The summed E-state index contributed by atoms with van der Waals surface area (Å²) in [6.07, 6.45) is 1.90. The largest absolute Gasteiger partial charge is 0.491 e. The van der Waals surface area contributed by atoms with Gasteiger partial charge < -0.3 is 14.7 Å². The lowest BCUT2D eigenvalue weighted by Crippen LogP contribution is -2.39. The minimum Gasteiger partial charge on any atom is -0.491 e. The maximum absolute atomic E-state index is 12.4. The van der Waals surface area contributed by atoms with Crippen molar-refractivity contribution >= 4 is 5.91 Å². The lowest BCUT2D eigenvalue weighted by molar-refractivity contribution is 0.0651. The molecule has 1 aliphatic heterocycles. The summed E-state index contributed by atoms with van der Waals surface area (Å²) in [6, 6.07) is 7.32. The van der Waals surface area contributed by atoms with Gasteiger partial charge in [0, 0.05) is 25.3 Å². The summed E-state index contributed by atoms with van der Waals surface area (Å²) < 4.78 is 5.57. The topological polar surface area (TPSA) is 49.8 Å². The minimum atomic E-state index is 0.0671. The number of hydrogen-bond acceptors (Lipinski definition) is 3. The minimum absolute atomic E-state index is 0.0671. The zero-order valence-corrected chi connectivity index (χ0v) is 12.2. The SMILES string of the molecule is CC(C)Oc1ccc(C(=O)N2CCC(CO)CC2)cc1. The molecule has 0 spiro atoms. The number of aliphatic hydroxyl groups excluding tert-OH is 1. The van der Waals surface area contributed by atoms with Gasteiger partial charge >= 0.3 is 0 Å². The predicted molar refractivity (Wildman–Crippen MR) is 77.9 cm³/mol. The van der Waals surface area contributed by atoms with Crippen LogP contribution in [0.4, 0.5) is 0 Å². The molecular formula is C16H23NO3. The number of carbonyl (C=O) groups is 1. The van der Waals surface area contributed by atoms with Crippen LogP contribution in [0.5, 0.6) is 5.75 Å². The summed E-state index contributed by atoms with van der Waals surface area (Å²) in [5, 5.41) is 9.12. The second-order valence-corrected chi connectivity index (χ2v) is 5.61. The molecule has 0 aliphatic carbocycles. The number of benzene rings is 1. The third kappa shape index (κ3) is 3.73. The molecule has 1 aromatic rings. The van der Waals surface area contributed by atoms with E-state index in [2.05, 4.69) is 0 Å². The van der Waals surface area contributed by atoms with Crippen molar-refractivity contribution in [3.63, 3.8) is 0 Å². The van der Waals surface area contributed by atoms with Crippen molar-refractivity contribution in [1.29, 1.82) is 0 Å². The van der Waals surface area contributed by atoms with Gasteiger partial charge in [-0.05, 0) is 56.9 Å². The summed E-state index contributed by atoms with van der Waals surface area (Å²) in [5.74, 6) is 1.20. The van der Waals surface area contributed by atoms with Crippen LogP contribution in [-0.2, 0) is 0 Å². The van der Waals surface area contributed by atoms with Crippen LogP contribution >= 0.6 is 0 Å². The second-order valence-electron chi connectivity index (χ2n) is 5.61. The molecule has 110 valence electrons. The van der Waals surface area contributed by atoms with Crippen molar-refractivity contribution < 1.29 is 14.6 Å². The van der Waals surface area contributed by atoms with Crippen LogP contribution in [0.3, 0.4) is 0 Å². The number of piperidine rings is 1. The molecule has 0 radical (unpaired) electrons. The van der Waals surface area contributed by atoms with Crippen LogP contribution in [0.15, 0.2) is 24.3 Å². The lowest BCUT2D eigenvalue weighted by Gasteiger charge is -2.31. The van der Waals surface area contributed by atoms with Crippen molar-refractivity contribution in [2.45, 2.75) is 32.8 Å². The highest BCUT2D eigenvalue weighted by Gasteiger charge is 2.23. The van der Waals surface area contributed by atoms with Gasteiger partial charge in [0.1, 0.15) is 5.75 Å². The fourth-order valence-corrected chi connectivity index (χ4v) is 2.45. The molecule has 4 heteroatoms. The molecule has 1 aromatic carbocycles. The first-order chi connectivity index (χ1) is 9.60. The van der Waals surface area contributed by atoms with E-state index in [0.29, 0.717) is 11.5 Å². The molecule has 0 unspecified atom stereocenters. The number of amides is 1. The van der Waals surface area contributed by atoms with E-state index in [-0.39, 0.29) is 18.6 Å². The number of likely N-dealkylation sites (tertiary alicyclic amines) is 1. The normalized spacial score (nSPS) is 16.5. The summed E-state index contributed by atoms with van der Waals surface area (Å²) >= 11 is 0. The Morgan fingerprint density at radius 3 is 2.40 bits per heavy atom. The molecule has 2 rings (SSSR count). The van der Waals surface area contributed by atoms with E-state index in [4.69, 9.17) is 9.84 Å². The Hall–Kier alpha value is -1.55.